The number of likely N-dealkylation sites (tertiary alicyclic amines) is 2. The van der Waals surface area contributed by atoms with Gasteiger partial charge in [0.15, 0.2) is 0 Å². The van der Waals surface area contributed by atoms with E-state index < -0.39 is 76.5 Å². The van der Waals surface area contributed by atoms with Crippen molar-refractivity contribution in [2.24, 2.45) is 17.3 Å². The summed E-state index contributed by atoms with van der Waals surface area (Å²) < 4.78 is 48.3. The lowest BCUT2D eigenvalue weighted by molar-refractivity contribution is -0.147. The summed E-state index contributed by atoms with van der Waals surface area (Å²) in [4.78, 5) is 56.4. The zero-order valence-electron chi connectivity index (χ0n) is 23.9. The van der Waals surface area contributed by atoms with Gasteiger partial charge in [-0.25, -0.2) is 18.0 Å². The Labute approximate surface area is 241 Å². The number of ether oxygens (including phenoxy) is 1. The molecule has 0 aromatic heterocycles. The third-order valence-electron chi connectivity index (χ3n) is 9.29. The third-order valence-corrected chi connectivity index (χ3v) is 9.29. The second kappa shape index (κ2) is 10.5. The number of carbonyl (C=O) groups excluding carboxylic acids is 4. The first-order chi connectivity index (χ1) is 19.7. The van der Waals surface area contributed by atoms with Gasteiger partial charge in [0.05, 0.1) is 24.3 Å². The molecule has 2 N–H and O–H groups in total. The number of nitrogens with one attached hydrogen (secondary N) is 2. The Morgan fingerprint density at radius 1 is 1.21 bits per heavy atom. The number of halogens is 3. The Kier molecular flexibility index (Phi) is 7.39. The van der Waals surface area contributed by atoms with E-state index in [1.165, 1.54) is 9.80 Å². The lowest BCUT2D eigenvalue weighted by atomic mass is 9.77. The molecule has 1 unspecified atom stereocenters. The fraction of sp³-hybridized carbons (Fsp3) is 0.621. The number of methoxy groups -OCH3 is 1. The van der Waals surface area contributed by atoms with Crippen molar-refractivity contribution in [1.82, 2.24) is 15.1 Å². The number of hydrogen-bond acceptors (Lipinski definition) is 6. The van der Waals surface area contributed by atoms with Gasteiger partial charge in [0.1, 0.15) is 35.9 Å². The van der Waals surface area contributed by atoms with Gasteiger partial charge in [0, 0.05) is 25.6 Å². The maximum absolute atomic E-state index is 14.7. The Morgan fingerprint density at radius 2 is 1.93 bits per heavy atom. The molecule has 1 aromatic carbocycles. The molecule has 2 saturated heterocycles. The van der Waals surface area contributed by atoms with Crippen LogP contribution in [0.25, 0.3) is 0 Å². The molecule has 10 nitrogen and oxygen atoms in total. The van der Waals surface area contributed by atoms with Gasteiger partial charge in [0.2, 0.25) is 17.7 Å². The predicted molar refractivity (Wildman–Crippen MR) is 142 cm³/mol. The monoisotopic (exact) mass is 589 g/mol. The Morgan fingerprint density at radius 3 is 2.57 bits per heavy atom. The van der Waals surface area contributed by atoms with E-state index in [1.807, 2.05) is 6.07 Å². The molecular weight excluding hydrogens is 555 g/mol. The molecule has 5 rings (SSSR count). The molecule has 3 fully saturated rings. The number of hydrogen-bond donors (Lipinski definition) is 2. The molecule has 0 bridgehead atoms. The normalized spacial score (nSPS) is 30.8. The van der Waals surface area contributed by atoms with Crippen LogP contribution in [0.3, 0.4) is 0 Å². The SMILES string of the molecule is COC(=O)N[C@H](C(=O)N1CC2CC[C@@H](F)C[C@@H]2[C@H]1C(=O)N1C[C@]2(C[C@H]1C#N)C(=O)Nc1c(F)cc(F)cc12)C(C)(C)C. The summed E-state index contributed by atoms with van der Waals surface area (Å²) in [7, 11) is 1.16. The molecule has 1 saturated carbocycles. The van der Waals surface area contributed by atoms with Crippen molar-refractivity contribution in [2.45, 2.75) is 76.2 Å². The highest BCUT2D eigenvalue weighted by molar-refractivity contribution is 6.07. The van der Waals surface area contributed by atoms with Crippen molar-refractivity contribution in [3.63, 3.8) is 0 Å². The van der Waals surface area contributed by atoms with Crippen LogP contribution < -0.4 is 10.6 Å². The molecule has 226 valence electrons. The number of benzene rings is 1. The van der Waals surface area contributed by atoms with Crippen molar-refractivity contribution >= 4 is 29.5 Å². The quantitative estimate of drug-likeness (QED) is 0.557. The average molecular weight is 590 g/mol. The number of nitrogens with zero attached hydrogens (tertiary/aromatic N) is 3. The van der Waals surface area contributed by atoms with Crippen molar-refractivity contribution in [1.29, 1.82) is 5.26 Å². The average Bonchev–Trinajstić information content (AvgIpc) is 3.58. The maximum Gasteiger partial charge on any atom is 0.407 e. The number of anilines is 1. The van der Waals surface area contributed by atoms with E-state index in [0.29, 0.717) is 12.5 Å². The van der Waals surface area contributed by atoms with Crippen molar-refractivity contribution in [2.75, 3.05) is 25.5 Å². The van der Waals surface area contributed by atoms with Crippen LogP contribution in [-0.4, -0.2) is 78.1 Å². The van der Waals surface area contributed by atoms with Crippen LogP contribution in [0.5, 0.6) is 0 Å². The van der Waals surface area contributed by atoms with E-state index in [4.69, 9.17) is 4.74 Å². The van der Waals surface area contributed by atoms with E-state index in [9.17, 15) is 37.6 Å². The highest BCUT2D eigenvalue weighted by Gasteiger charge is 2.60. The van der Waals surface area contributed by atoms with Crippen LogP contribution in [0.1, 0.15) is 52.0 Å². The standard InChI is InChI=1S/C29H34F3N5O5/c1-28(2,3)23(35-27(41)42-4)25(39)36-12-14-5-6-15(30)7-18(14)22(36)24(38)37-13-29(10-17(37)11-33)19-8-16(31)9-20(32)21(19)34-26(29)40/h8-9,14-15,17-18,22-23H,5-7,10,12-13H2,1-4H3,(H,34,40)(H,35,41)/t14?,15-,17+,18+,22+,23-,29+/m1/s1. The fourth-order valence-corrected chi connectivity index (χ4v) is 7.18. The molecule has 42 heavy (non-hydrogen) atoms. The second-order valence-electron chi connectivity index (χ2n) is 12.9. The molecule has 1 aliphatic carbocycles. The largest absolute Gasteiger partial charge is 0.453 e. The summed E-state index contributed by atoms with van der Waals surface area (Å²) >= 11 is 0. The van der Waals surface area contributed by atoms with Crippen molar-refractivity contribution < 1.29 is 37.1 Å². The van der Waals surface area contributed by atoms with Gasteiger partial charge in [-0.2, -0.15) is 5.26 Å². The Bertz CT molecular complexity index is 1380. The van der Waals surface area contributed by atoms with Gasteiger partial charge >= 0.3 is 6.09 Å². The summed E-state index contributed by atoms with van der Waals surface area (Å²) in [5.74, 6) is -4.47. The lowest BCUT2D eigenvalue weighted by Gasteiger charge is -2.38. The molecule has 4 amide bonds. The zero-order valence-corrected chi connectivity index (χ0v) is 23.9. The van der Waals surface area contributed by atoms with Gasteiger partial charge < -0.3 is 25.2 Å². The molecule has 0 radical (unpaired) electrons. The van der Waals surface area contributed by atoms with E-state index >= 15 is 0 Å². The first kappa shape index (κ1) is 29.7. The first-order valence-corrected chi connectivity index (χ1v) is 14.0. The third kappa shape index (κ3) is 4.74. The molecular formula is C29H34F3N5O5. The van der Waals surface area contributed by atoms with Crippen molar-refractivity contribution in [3.8, 4) is 6.07 Å². The molecule has 3 aliphatic heterocycles. The summed E-state index contributed by atoms with van der Waals surface area (Å²) in [6.07, 6.45) is -1.45. The van der Waals surface area contributed by atoms with Crippen LogP contribution in [0.2, 0.25) is 0 Å². The fourth-order valence-electron chi connectivity index (χ4n) is 7.18. The van der Waals surface area contributed by atoms with Gasteiger partial charge in [0.25, 0.3) is 0 Å². The van der Waals surface area contributed by atoms with Crippen LogP contribution >= 0.6 is 0 Å². The Hall–Kier alpha value is -3.82. The van der Waals surface area contributed by atoms with E-state index in [1.54, 1.807) is 20.8 Å². The summed E-state index contributed by atoms with van der Waals surface area (Å²) in [6, 6.07) is 0.320. The van der Waals surface area contributed by atoms with Gasteiger partial charge in [-0.05, 0) is 48.1 Å². The van der Waals surface area contributed by atoms with Crippen molar-refractivity contribution in [3.05, 3.63) is 29.3 Å². The Balaban J connectivity index is 1.52. The summed E-state index contributed by atoms with van der Waals surface area (Å²) in [5, 5.41) is 15.1. The lowest BCUT2D eigenvalue weighted by Crippen LogP contribution is -2.59. The number of nitriles is 1. The summed E-state index contributed by atoms with van der Waals surface area (Å²) in [6.45, 7) is 5.04. The maximum atomic E-state index is 14.7. The zero-order chi connectivity index (χ0) is 30.7. The topological polar surface area (TPSA) is 132 Å². The number of rotatable bonds is 3. The predicted octanol–water partition coefficient (Wildman–Crippen LogP) is 3.02. The van der Waals surface area contributed by atoms with Gasteiger partial charge in [-0.1, -0.05) is 20.8 Å². The molecule has 1 spiro atoms. The number of amides is 4. The molecule has 1 aromatic rings. The molecule has 13 heteroatoms. The number of alkyl halides is 1. The van der Waals surface area contributed by atoms with Crippen LogP contribution in [0.4, 0.5) is 23.7 Å². The van der Waals surface area contributed by atoms with E-state index in [0.717, 1.165) is 13.2 Å². The highest BCUT2D eigenvalue weighted by atomic mass is 19.1. The van der Waals surface area contributed by atoms with Gasteiger partial charge in [-0.15, -0.1) is 0 Å². The number of carbonyl (C=O) groups is 4. The van der Waals surface area contributed by atoms with Crippen LogP contribution in [-0.2, 0) is 24.5 Å². The first-order valence-electron chi connectivity index (χ1n) is 14.0. The second-order valence-corrected chi connectivity index (χ2v) is 12.9. The number of fused-ring (bicyclic) bond motifs is 3. The highest BCUT2D eigenvalue weighted by Crippen LogP contribution is 2.49. The molecule has 3 heterocycles. The smallest absolute Gasteiger partial charge is 0.407 e. The van der Waals surface area contributed by atoms with E-state index in [-0.39, 0.29) is 49.5 Å². The minimum absolute atomic E-state index is 0.0225. The summed E-state index contributed by atoms with van der Waals surface area (Å²) in [5.41, 5.74) is -2.53. The molecule has 7 atom stereocenters. The van der Waals surface area contributed by atoms with Crippen LogP contribution in [0, 0.1) is 40.2 Å². The molecule has 4 aliphatic rings. The minimum atomic E-state index is -1.57. The minimum Gasteiger partial charge on any atom is -0.453 e. The van der Waals surface area contributed by atoms with E-state index in [2.05, 4.69) is 10.6 Å². The number of alkyl carbamates (subject to hydrolysis) is 1. The van der Waals surface area contributed by atoms with Crippen LogP contribution in [0.15, 0.2) is 12.1 Å². The van der Waals surface area contributed by atoms with Gasteiger partial charge in [-0.3, -0.25) is 14.4 Å².